The molecule has 110 valence electrons. The highest BCUT2D eigenvalue weighted by Gasteiger charge is 2.44. The number of nitriles is 1. The van der Waals surface area contributed by atoms with Crippen LogP contribution in [0.4, 0.5) is 0 Å². The summed E-state index contributed by atoms with van der Waals surface area (Å²) in [7, 11) is -9.99. The molecule has 1 rings (SSSR count). The van der Waals surface area contributed by atoms with Gasteiger partial charge in [-0.2, -0.15) is 5.26 Å². The van der Waals surface area contributed by atoms with Crippen LogP contribution in [0.5, 0.6) is 0 Å². The molecule has 0 aliphatic heterocycles. The maximum absolute atomic E-state index is 11.2. The molecule has 0 bridgehead atoms. The van der Waals surface area contributed by atoms with Crippen LogP contribution in [0.25, 0.3) is 0 Å². The number of pyridine rings is 1. The van der Waals surface area contributed by atoms with E-state index in [2.05, 4.69) is 4.98 Å². The Labute approximate surface area is 115 Å². The molecule has 0 amide bonds. The van der Waals surface area contributed by atoms with E-state index < -0.39 is 32.9 Å². The quantitative estimate of drug-likeness (QED) is 0.570. The van der Waals surface area contributed by atoms with Crippen LogP contribution in [0.3, 0.4) is 0 Å². The fourth-order valence-corrected chi connectivity index (χ4v) is 4.39. The fourth-order valence-electron chi connectivity index (χ4n) is 1.76. The van der Waals surface area contributed by atoms with Gasteiger partial charge in [-0.05, 0) is 18.6 Å². The summed E-state index contributed by atoms with van der Waals surface area (Å²) < 4.78 is 22.5. The Bertz CT molecular complexity index is 553. The Balaban J connectivity index is 3.09. The predicted molar refractivity (Wildman–Crippen MR) is 69.7 cm³/mol. The van der Waals surface area contributed by atoms with Gasteiger partial charge in [0.2, 0.25) is 0 Å². The lowest BCUT2D eigenvalue weighted by Gasteiger charge is -2.23. The standard InChI is InChI=1S/C10H14N2O6P2/c11-5-4-8(9-3-1-2-6-12-9)7-10(19(13,14)15)20(16,17)18/h1-3,6,8,10H,4,7H2,(H2,13,14,15)(H2,16,17,18). The van der Waals surface area contributed by atoms with Crippen LogP contribution < -0.4 is 0 Å². The summed E-state index contributed by atoms with van der Waals surface area (Å²) in [5.74, 6) is -0.758. The molecule has 0 saturated carbocycles. The fraction of sp³-hybridized carbons (Fsp3) is 0.400. The minimum absolute atomic E-state index is 0.145. The van der Waals surface area contributed by atoms with E-state index >= 15 is 0 Å². The lowest BCUT2D eigenvalue weighted by atomic mass is 9.98. The van der Waals surface area contributed by atoms with Crippen molar-refractivity contribution < 1.29 is 28.7 Å². The van der Waals surface area contributed by atoms with Crippen LogP contribution in [-0.2, 0) is 9.13 Å². The summed E-state index contributed by atoms with van der Waals surface area (Å²) in [4.78, 5) is 40.3. The molecule has 1 aromatic heterocycles. The van der Waals surface area contributed by atoms with Crippen molar-refractivity contribution in [3.63, 3.8) is 0 Å². The van der Waals surface area contributed by atoms with Crippen LogP contribution in [0.2, 0.25) is 0 Å². The number of nitrogens with zero attached hydrogens (tertiary/aromatic N) is 2. The summed E-state index contributed by atoms with van der Waals surface area (Å²) in [6, 6.07) is 6.61. The number of hydrogen-bond donors (Lipinski definition) is 4. The first-order valence-corrected chi connectivity index (χ1v) is 8.91. The van der Waals surface area contributed by atoms with Gasteiger partial charge >= 0.3 is 15.2 Å². The average Bonchev–Trinajstić information content (AvgIpc) is 2.32. The van der Waals surface area contributed by atoms with Crippen molar-refractivity contribution in [1.29, 1.82) is 5.26 Å². The van der Waals surface area contributed by atoms with E-state index in [1.54, 1.807) is 18.2 Å². The first-order valence-electron chi connectivity index (χ1n) is 5.54. The second-order valence-electron chi connectivity index (χ2n) is 4.21. The van der Waals surface area contributed by atoms with Gasteiger partial charge in [0.25, 0.3) is 0 Å². The lowest BCUT2D eigenvalue weighted by Crippen LogP contribution is -2.15. The van der Waals surface area contributed by atoms with Gasteiger partial charge < -0.3 is 19.6 Å². The SMILES string of the molecule is N#CCC(CC(P(=O)(O)O)P(=O)(O)O)c1ccccn1. The smallest absolute Gasteiger partial charge is 0.324 e. The zero-order valence-corrected chi connectivity index (χ0v) is 12.1. The molecule has 1 atom stereocenters. The molecule has 0 spiro atoms. The van der Waals surface area contributed by atoms with Crippen LogP contribution >= 0.6 is 15.2 Å². The van der Waals surface area contributed by atoms with Crippen molar-refractivity contribution in [3.05, 3.63) is 30.1 Å². The van der Waals surface area contributed by atoms with Gasteiger partial charge in [-0.25, -0.2) is 0 Å². The molecule has 4 N–H and O–H groups in total. The predicted octanol–water partition coefficient (Wildman–Crippen LogP) is 1.15. The third-order valence-electron chi connectivity index (χ3n) is 2.72. The zero-order chi connectivity index (χ0) is 15.4. The molecule has 20 heavy (non-hydrogen) atoms. The lowest BCUT2D eigenvalue weighted by molar-refractivity contribution is 0.331. The molecule has 0 saturated heterocycles. The van der Waals surface area contributed by atoms with Crippen LogP contribution in [0, 0.1) is 11.3 Å². The first kappa shape index (κ1) is 17.0. The average molecular weight is 320 g/mol. The minimum Gasteiger partial charge on any atom is -0.324 e. The van der Waals surface area contributed by atoms with Gasteiger partial charge in [0.05, 0.1) is 6.07 Å². The maximum atomic E-state index is 11.2. The van der Waals surface area contributed by atoms with Gasteiger partial charge in [-0.3, -0.25) is 14.1 Å². The Morgan fingerprint density at radius 1 is 1.20 bits per heavy atom. The number of rotatable bonds is 6. The number of hydrogen-bond acceptors (Lipinski definition) is 4. The summed E-state index contributed by atoms with van der Waals surface area (Å²) in [5, 5.41) is 6.62. The third-order valence-corrected chi connectivity index (χ3v) is 6.50. The molecule has 0 fully saturated rings. The zero-order valence-electron chi connectivity index (χ0n) is 10.3. The molecule has 1 unspecified atom stereocenters. The van der Waals surface area contributed by atoms with Gasteiger partial charge in [-0.15, -0.1) is 0 Å². The van der Waals surface area contributed by atoms with E-state index in [1.807, 2.05) is 6.07 Å². The summed E-state index contributed by atoms with van der Waals surface area (Å²) >= 11 is 0. The third kappa shape index (κ3) is 4.80. The molecule has 0 aliphatic carbocycles. The Morgan fingerprint density at radius 3 is 2.20 bits per heavy atom. The van der Waals surface area contributed by atoms with E-state index in [9.17, 15) is 9.13 Å². The highest BCUT2D eigenvalue weighted by Crippen LogP contribution is 2.62. The van der Waals surface area contributed by atoms with Gasteiger partial charge in [0.15, 0.2) is 5.40 Å². The van der Waals surface area contributed by atoms with Crippen molar-refractivity contribution in [3.8, 4) is 6.07 Å². The Morgan fingerprint density at radius 2 is 1.80 bits per heavy atom. The molecule has 10 heteroatoms. The summed E-state index contributed by atoms with van der Waals surface area (Å²) in [6.07, 6.45) is 0.774. The van der Waals surface area contributed by atoms with Crippen molar-refractivity contribution in [1.82, 2.24) is 4.98 Å². The normalized spacial score (nSPS) is 14.0. The molecule has 0 radical (unpaired) electrons. The topological polar surface area (TPSA) is 152 Å². The molecular formula is C10H14N2O6P2. The van der Waals surface area contributed by atoms with Crippen LogP contribution in [-0.4, -0.2) is 30.0 Å². The highest BCUT2D eigenvalue weighted by atomic mass is 31.2. The van der Waals surface area contributed by atoms with E-state index in [0.717, 1.165) is 0 Å². The monoisotopic (exact) mass is 320 g/mol. The Kier molecular flexibility index (Phi) is 5.60. The van der Waals surface area contributed by atoms with E-state index in [0.29, 0.717) is 5.69 Å². The van der Waals surface area contributed by atoms with E-state index in [-0.39, 0.29) is 6.42 Å². The van der Waals surface area contributed by atoms with Gasteiger partial charge in [-0.1, -0.05) is 6.07 Å². The van der Waals surface area contributed by atoms with Crippen molar-refractivity contribution in [2.75, 3.05) is 0 Å². The van der Waals surface area contributed by atoms with Crippen molar-refractivity contribution in [2.45, 2.75) is 24.2 Å². The molecule has 0 aromatic carbocycles. The molecule has 8 nitrogen and oxygen atoms in total. The van der Waals surface area contributed by atoms with E-state index in [1.165, 1.54) is 6.20 Å². The first-order chi connectivity index (χ1) is 9.16. The Hall–Kier alpha value is -1.06. The number of aromatic nitrogens is 1. The van der Waals surface area contributed by atoms with Crippen LogP contribution in [0.15, 0.2) is 24.4 Å². The highest BCUT2D eigenvalue weighted by molar-refractivity contribution is 7.70. The van der Waals surface area contributed by atoms with Gasteiger partial charge in [0.1, 0.15) is 0 Å². The van der Waals surface area contributed by atoms with Gasteiger partial charge in [0, 0.05) is 24.2 Å². The maximum Gasteiger partial charge on any atom is 0.340 e. The van der Waals surface area contributed by atoms with Crippen molar-refractivity contribution >= 4 is 15.2 Å². The summed E-state index contributed by atoms with van der Waals surface area (Å²) in [5.41, 5.74) is 0.362. The molecule has 0 aliphatic rings. The van der Waals surface area contributed by atoms with Crippen molar-refractivity contribution in [2.24, 2.45) is 0 Å². The second kappa shape index (κ2) is 6.59. The second-order valence-corrected chi connectivity index (χ2v) is 8.22. The summed E-state index contributed by atoms with van der Waals surface area (Å²) in [6.45, 7) is 0. The molecular weight excluding hydrogens is 306 g/mol. The largest absolute Gasteiger partial charge is 0.340 e. The van der Waals surface area contributed by atoms with Crippen LogP contribution in [0.1, 0.15) is 24.5 Å². The van der Waals surface area contributed by atoms with E-state index in [4.69, 9.17) is 24.8 Å². The minimum atomic E-state index is -5.00. The molecule has 1 aromatic rings. The molecule has 1 heterocycles.